The number of rotatable bonds is 3. The minimum Gasteiger partial charge on any atom is -0.348 e. The second-order valence-electron chi connectivity index (χ2n) is 8.10. The van der Waals surface area contributed by atoms with Crippen molar-refractivity contribution >= 4 is 5.91 Å². The molecule has 1 unspecified atom stereocenters. The number of hydrogen-bond acceptors (Lipinski definition) is 2. The van der Waals surface area contributed by atoms with Crippen LogP contribution < -0.4 is 0 Å². The predicted molar refractivity (Wildman–Crippen MR) is 94.7 cm³/mol. The molecule has 0 aromatic carbocycles. The van der Waals surface area contributed by atoms with Crippen LogP contribution in [0.3, 0.4) is 0 Å². The van der Waals surface area contributed by atoms with Crippen LogP contribution in [-0.2, 0) is 17.6 Å². The lowest BCUT2D eigenvalue weighted by atomic mass is 9.84. The van der Waals surface area contributed by atoms with Crippen molar-refractivity contribution in [2.45, 2.75) is 95.6 Å². The Balaban J connectivity index is 1.52. The summed E-state index contributed by atoms with van der Waals surface area (Å²) in [6.07, 6.45) is 17.4. The largest absolute Gasteiger partial charge is 0.348 e. The number of aromatic nitrogens is 2. The molecular formula is C20H31N3O. The molecule has 4 nitrogen and oxygen atoms in total. The van der Waals surface area contributed by atoms with Crippen LogP contribution in [0.25, 0.3) is 0 Å². The van der Waals surface area contributed by atoms with E-state index in [-0.39, 0.29) is 5.92 Å². The van der Waals surface area contributed by atoms with E-state index < -0.39 is 0 Å². The summed E-state index contributed by atoms with van der Waals surface area (Å²) in [5, 5.41) is 0. The number of H-pyrrole nitrogens is 1. The first-order chi connectivity index (χ1) is 11.8. The first kappa shape index (κ1) is 16.2. The van der Waals surface area contributed by atoms with Crippen molar-refractivity contribution in [3.05, 3.63) is 17.7 Å². The fourth-order valence-electron chi connectivity index (χ4n) is 5.20. The smallest absolute Gasteiger partial charge is 0.226 e. The van der Waals surface area contributed by atoms with Gasteiger partial charge < -0.3 is 9.88 Å². The normalized spacial score (nSPS) is 26.1. The summed E-state index contributed by atoms with van der Waals surface area (Å²) in [5.41, 5.74) is 2.38. The number of hydrogen-bond donors (Lipinski definition) is 1. The summed E-state index contributed by atoms with van der Waals surface area (Å²) in [6.45, 7) is 0. The van der Waals surface area contributed by atoms with E-state index in [9.17, 15) is 4.79 Å². The topological polar surface area (TPSA) is 49.0 Å². The molecule has 2 fully saturated rings. The first-order valence-corrected chi connectivity index (χ1v) is 10.2. The van der Waals surface area contributed by atoms with E-state index in [4.69, 9.17) is 0 Å². The maximum atomic E-state index is 13.5. The highest BCUT2D eigenvalue weighted by atomic mass is 16.2. The number of carbonyl (C=O) groups excluding carboxylic acids is 1. The Morgan fingerprint density at radius 1 is 0.958 bits per heavy atom. The summed E-state index contributed by atoms with van der Waals surface area (Å²) in [7, 11) is 0. The molecule has 4 rings (SSSR count). The monoisotopic (exact) mass is 329 g/mol. The maximum Gasteiger partial charge on any atom is 0.226 e. The Morgan fingerprint density at radius 2 is 1.58 bits per heavy atom. The van der Waals surface area contributed by atoms with Gasteiger partial charge in [-0.25, -0.2) is 4.98 Å². The molecule has 3 aliphatic carbocycles. The van der Waals surface area contributed by atoms with Crippen LogP contribution in [0.15, 0.2) is 6.33 Å². The molecule has 1 amide bonds. The average Bonchev–Trinajstić information content (AvgIpc) is 3.11. The van der Waals surface area contributed by atoms with Gasteiger partial charge in [-0.3, -0.25) is 4.79 Å². The number of nitrogens with zero attached hydrogens (tertiary/aromatic N) is 2. The summed E-state index contributed by atoms with van der Waals surface area (Å²) in [6, 6.07) is 1.02. The quantitative estimate of drug-likeness (QED) is 0.911. The molecule has 1 N–H and O–H groups in total. The van der Waals surface area contributed by atoms with Crippen LogP contribution in [0.4, 0.5) is 0 Å². The Kier molecular flexibility index (Phi) is 4.91. The third kappa shape index (κ3) is 3.25. The second-order valence-corrected chi connectivity index (χ2v) is 8.10. The molecule has 132 valence electrons. The van der Waals surface area contributed by atoms with Crippen LogP contribution in [-0.4, -0.2) is 32.9 Å². The van der Waals surface area contributed by atoms with Gasteiger partial charge in [0.25, 0.3) is 0 Å². The molecule has 1 atom stereocenters. The third-order valence-corrected chi connectivity index (χ3v) is 6.53. The van der Waals surface area contributed by atoms with E-state index in [1.807, 2.05) is 0 Å². The van der Waals surface area contributed by atoms with Crippen molar-refractivity contribution in [1.82, 2.24) is 14.9 Å². The van der Waals surface area contributed by atoms with Crippen LogP contribution in [0.1, 0.15) is 82.0 Å². The van der Waals surface area contributed by atoms with E-state index >= 15 is 0 Å². The van der Waals surface area contributed by atoms with Crippen molar-refractivity contribution in [2.75, 3.05) is 0 Å². The number of amides is 1. The van der Waals surface area contributed by atoms with Crippen LogP contribution in [0.5, 0.6) is 0 Å². The van der Waals surface area contributed by atoms with Gasteiger partial charge >= 0.3 is 0 Å². The Labute approximate surface area is 145 Å². The lowest BCUT2D eigenvalue weighted by Crippen LogP contribution is -2.51. The third-order valence-electron chi connectivity index (χ3n) is 6.53. The van der Waals surface area contributed by atoms with E-state index in [1.54, 1.807) is 6.33 Å². The molecular weight excluding hydrogens is 298 g/mol. The summed E-state index contributed by atoms with van der Waals surface area (Å²) in [5.74, 6) is 0.621. The molecule has 1 aromatic heterocycles. The Morgan fingerprint density at radius 3 is 2.21 bits per heavy atom. The lowest BCUT2D eigenvalue weighted by molar-refractivity contribution is -0.143. The van der Waals surface area contributed by atoms with Gasteiger partial charge in [0.05, 0.1) is 12.0 Å². The van der Waals surface area contributed by atoms with Gasteiger partial charge in [-0.05, 0) is 38.5 Å². The number of fused-ring (bicyclic) bond motifs is 1. The number of aromatic amines is 1. The molecule has 4 heteroatoms. The van der Waals surface area contributed by atoms with Crippen LogP contribution >= 0.6 is 0 Å². The molecule has 2 saturated carbocycles. The highest BCUT2D eigenvalue weighted by molar-refractivity contribution is 5.80. The van der Waals surface area contributed by atoms with E-state index in [1.165, 1.54) is 75.6 Å². The van der Waals surface area contributed by atoms with E-state index in [0.29, 0.717) is 18.0 Å². The number of aryl methyl sites for hydroxylation is 1. The highest BCUT2D eigenvalue weighted by Gasteiger charge is 2.37. The van der Waals surface area contributed by atoms with Gasteiger partial charge in [0, 0.05) is 30.1 Å². The minimum atomic E-state index is 0.168. The molecule has 0 saturated heterocycles. The number of nitrogens with one attached hydrogen (secondary N) is 1. The van der Waals surface area contributed by atoms with Crippen molar-refractivity contribution in [3.8, 4) is 0 Å². The maximum absolute atomic E-state index is 13.5. The zero-order valence-electron chi connectivity index (χ0n) is 14.8. The molecule has 0 bridgehead atoms. The van der Waals surface area contributed by atoms with Crippen LogP contribution in [0.2, 0.25) is 0 Å². The fourth-order valence-corrected chi connectivity index (χ4v) is 5.20. The molecule has 1 heterocycles. The standard InChI is InChI=1S/C20H31N3O/c24-20(15-11-12-18-19(13-15)22-14-21-18)23(16-7-3-1-4-8-16)17-9-5-2-6-10-17/h14-17H,1-13H2,(H,21,22). The Hall–Kier alpha value is -1.32. The van der Waals surface area contributed by atoms with E-state index in [2.05, 4.69) is 14.9 Å². The van der Waals surface area contributed by atoms with Crippen molar-refractivity contribution in [2.24, 2.45) is 5.92 Å². The molecule has 24 heavy (non-hydrogen) atoms. The lowest BCUT2D eigenvalue weighted by Gasteiger charge is -2.43. The van der Waals surface area contributed by atoms with Gasteiger partial charge in [-0.15, -0.1) is 0 Å². The Bertz CT molecular complexity index is 537. The number of carbonyl (C=O) groups is 1. The predicted octanol–water partition coefficient (Wildman–Crippen LogP) is 4.01. The fraction of sp³-hybridized carbons (Fsp3) is 0.800. The van der Waals surface area contributed by atoms with Crippen LogP contribution in [0, 0.1) is 5.92 Å². The van der Waals surface area contributed by atoms with Gasteiger partial charge in [0.2, 0.25) is 5.91 Å². The molecule has 0 aliphatic heterocycles. The molecule has 3 aliphatic rings. The van der Waals surface area contributed by atoms with Crippen molar-refractivity contribution in [1.29, 1.82) is 0 Å². The van der Waals surface area contributed by atoms with Gasteiger partial charge in [0.1, 0.15) is 0 Å². The van der Waals surface area contributed by atoms with E-state index in [0.717, 1.165) is 19.3 Å². The molecule has 0 spiro atoms. The van der Waals surface area contributed by atoms with Gasteiger partial charge in [-0.2, -0.15) is 0 Å². The molecule has 0 radical (unpaired) electrons. The second kappa shape index (κ2) is 7.28. The van der Waals surface area contributed by atoms with Crippen molar-refractivity contribution in [3.63, 3.8) is 0 Å². The van der Waals surface area contributed by atoms with Gasteiger partial charge in [-0.1, -0.05) is 38.5 Å². The highest BCUT2D eigenvalue weighted by Crippen LogP contribution is 2.33. The van der Waals surface area contributed by atoms with Crippen molar-refractivity contribution < 1.29 is 4.79 Å². The molecule has 1 aromatic rings. The summed E-state index contributed by atoms with van der Waals surface area (Å²) < 4.78 is 0. The van der Waals surface area contributed by atoms with Gasteiger partial charge in [0.15, 0.2) is 0 Å². The minimum absolute atomic E-state index is 0.168. The summed E-state index contributed by atoms with van der Waals surface area (Å²) in [4.78, 5) is 23.6. The first-order valence-electron chi connectivity index (χ1n) is 10.2. The SMILES string of the molecule is O=C(C1CCc2nc[nH]c2C1)N(C1CCCCC1)C1CCCCC1. The zero-order valence-corrected chi connectivity index (χ0v) is 14.8. The summed E-state index contributed by atoms with van der Waals surface area (Å²) >= 11 is 0. The number of imidazole rings is 1. The average molecular weight is 329 g/mol. The zero-order chi connectivity index (χ0) is 16.4.